The standard InChI is InChI=1S/C23H18Cl2N6O3S/c1-12-5-13(2)27-23(26-12)35-10-18-21(29-30-31(18)17-7-14(24)6-15(25)8-17)22(32)28-16-3-4-19-20(9-16)34-11-33-19/h3-9H,10-11H2,1-2H3,(H,28,32). The van der Waals surface area contributed by atoms with Crippen LogP contribution in [-0.4, -0.2) is 37.7 Å². The molecule has 0 unspecified atom stereocenters. The van der Waals surface area contributed by atoms with Crippen LogP contribution < -0.4 is 14.8 Å². The number of hydrogen-bond acceptors (Lipinski definition) is 8. The number of hydrogen-bond donors (Lipinski definition) is 1. The van der Waals surface area contributed by atoms with Crippen molar-refractivity contribution >= 4 is 46.6 Å². The number of carbonyl (C=O) groups is 1. The molecule has 12 heteroatoms. The van der Waals surface area contributed by atoms with Crippen LogP contribution in [0.4, 0.5) is 5.69 Å². The zero-order chi connectivity index (χ0) is 24.5. The number of amides is 1. The van der Waals surface area contributed by atoms with Gasteiger partial charge in [0.2, 0.25) is 6.79 Å². The number of nitrogens with zero attached hydrogens (tertiary/aromatic N) is 5. The van der Waals surface area contributed by atoms with Crippen molar-refractivity contribution in [3.63, 3.8) is 0 Å². The number of fused-ring (bicyclic) bond motifs is 1. The first-order valence-corrected chi connectivity index (χ1v) is 12.2. The number of nitrogens with one attached hydrogen (secondary N) is 1. The Kier molecular flexibility index (Phi) is 6.50. The van der Waals surface area contributed by atoms with Crippen LogP contribution in [0.15, 0.2) is 47.6 Å². The second kappa shape index (κ2) is 9.73. The lowest BCUT2D eigenvalue weighted by Crippen LogP contribution is -2.15. The van der Waals surface area contributed by atoms with Crippen LogP contribution in [0.5, 0.6) is 11.5 Å². The molecule has 1 amide bonds. The Hall–Kier alpha value is -3.34. The summed E-state index contributed by atoms with van der Waals surface area (Å²) < 4.78 is 12.3. The number of rotatable bonds is 6. The van der Waals surface area contributed by atoms with Gasteiger partial charge < -0.3 is 14.8 Å². The molecule has 1 aliphatic rings. The van der Waals surface area contributed by atoms with Crippen molar-refractivity contribution in [1.29, 1.82) is 0 Å². The summed E-state index contributed by atoms with van der Waals surface area (Å²) >= 11 is 13.8. The molecule has 0 bridgehead atoms. The van der Waals surface area contributed by atoms with Crippen molar-refractivity contribution in [3.05, 3.63) is 75.3 Å². The Morgan fingerprint density at radius 3 is 2.49 bits per heavy atom. The maximum absolute atomic E-state index is 13.2. The highest BCUT2D eigenvalue weighted by Gasteiger charge is 2.23. The number of carbonyl (C=O) groups excluding carboxylic acids is 1. The van der Waals surface area contributed by atoms with E-state index in [4.69, 9.17) is 32.7 Å². The molecule has 0 aliphatic carbocycles. The number of thioether (sulfide) groups is 1. The van der Waals surface area contributed by atoms with Gasteiger partial charge in [-0.1, -0.05) is 40.2 Å². The maximum Gasteiger partial charge on any atom is 0.278 e. The van der Waals surface area contributed by atoms with Crippen molar-refractivity contribution < 1.29 is 14.3 Å². The molecule has 9 nitrogen and oxygen atoms in total. The molecule has 3 heterocycles. The fourth-order valence-corrected chi connectivity index (χ4v) is 4.99. The van der Waals surface area contributed by atoms with E-state index >= 15 is 0 Å². The molecule has 1 N–H and O–H groups in total. The highest BCUT2D eigenvalue weighted by atomic mass is 35.5. The van der Waals surface area contributed by atoms with Gasteiger partial charge in [-0.3, -0.25) is 4.79 Å². The first kappa shape index (κ1) is 23.4. The van der Waals surface area contributed by atoms with Crippen LogP contribution in [0, 0.1) is 13.8 Å². The summed E-state index contributed by atoms with van der Waals surface area (Å²) in [4.78, 5) is 22.2. The molecule has 0 fully saturated rings. The number of anilines is 1. The largest absolute Gasteiger partial charge is 0.454 e. The summed E-state index contributed by atoms with van der Waals surface area (Å²) in [5, 5.41) is 12.7. The lowest BCUT2D eigenvalue weighted by atomic mass is 10.2. The second-order valence-electron chi connectivity index (χ2n) is 7.67. The minimum absolute atomic E-state index is 0.144. The quantitative estimate of drug-likeness (QED) is 0.267. The number of aryl methyl sites for hydroxylation is 2. The van der Waals surface area contributed by atoms with Crippen LogP contribution in [-0.2, 0) is 5.75 Å². The zero-order valence-electron chi connectivity index (χ0n) is 18.6. The summed E-state index contributed by atoms with van der Waals surface area (Å²) in [5.41, 5.74) is 3.51. The van der Waals surface area contributed by atoms with E-state index in [1.807, 2.05) is 19.9 Å². The fraction of sp³-hybridized carbons (Fsp3) is 0.174. The van der Waals surface area contributed by atoms with E-state index in [9.17, 15) is 4.79 Å². The highest BCUT2D eigenvalue weighted by Crippen LogP contribution is 2.34. The van der Waals surface area contributed by atoms with Crippen LogP contribution in [0.1, 0.15) is 27.6 Å². The number of ether oxygens (including phenoxy) is 2. The number of halogens is 2. The fourth-order valence-electron chi connectivity index (χ4n) is 3.53. The monoisotopic (exact) mass is 528 g/mol. The second-order valence-corrected chi connectivity index (χ2v) is 9.48. The summed E-state index contributed by atoms with van der Waals surface area (Å²) in [7, 11) is 0. The van der Waals surface area contributed by atoms with Crippen molar-refractivity contribution in [2.75, 3.05) is 12.1 Å². The summed E-state index contributed by atoms with van der Waals surface area (Å²) in [6, 6.07) is 12.1. The molecular weight excluding hydrogens is 511 g/mol. The van der Waals surface area contributed by atoms with Gasteiger partial charge in [0.15, 0.2) is 22.3 Å². The van der Waals surface area contributed by atoms with Gasteiger partial charge in [0.25, 0.3) is 5.91 Å². The Bertz CT molecular complexity index is 1400. The van der Waals surface area contributed by atoms with Crippen molar-refractivity contribution in [2.45, 2.75) is 24.8 Å². The molecule has 0 atom stereocenters. The van der Waals surface area contributed by atoms with E-state index in [2.05, 4.69) is 25.6 Å². The van der Waals surface area contributed by atoms with Crippen LogP contribution in [0.25, 0.3) is 5.69 Å². The third-order valence-electron chi connectivity index (χ3n) is 5.00. The smallest absolute Gasteiger partial charge is 0.278 e. The number of benzene rings is 2. The summed E-state index contributed by atoms with van der Waals surface area (Å²) in [6.07, 6.45) is 0. The van der Waals surface area contributed by atoms with Gasteiger partial charge in [-0.05, 0) is 50.2 Å². The minimum Gasteiger partial charge on any atom is -0.454 e. The van der Waals surface area contributed by atoms with Gasteiger partial charge in [0.05, 0.1) is 11.4 Å². The molecule has 35 heavy (non-hydrogen) atoms. The Labute approximate surface area is 214 Å². The van der Waals surface area contributed by atoms with Crippen LogP contribution in [0.3, 0.4) is 0 Å². The zero-order valence-corrected chi connectivity index (χ0v) is 20.9. The van der Waals surface area contributed by atoms with Crippen molar-refractivity contribution in [1.82, 2.24) is 25.0 Å². The SMILES string of the molecule is Cc1cc(C)nc(SCc2c(C(=O)Nc3ccc4c(c3)OCO4)nnn2-c2cc(Cl)cc(Cl)c2)n1. The van der Waals surface area contributed by atoms with Crippen molar-refractivity contribution in [2.24, 2.45) is 0 Å². The Morgan fingerprint density at radius 2 is 1.74 bits per heavy atom. The lowest BCUT2D eigenvalue weighted by molar-refractivity contribution is 0.102. The van der Waals surface area contributed by atoms with E-state index in [0.717, 1.165) is 11.4 Å². The van der Waals surface area contributed by atoms with E-state index < -0.39 is 5.91 Å². The van der Waals surface area contributed by atoms with E-state index in [-0.39, 0.29) is 12.5 Å². The summed E-state index contributed by atoms with van der Waals surface area (Å²) in [5.74, 6) is 1.07. The van der Waals surface area contributed by atoms with Crippen molar-refractivity contribution in [3.8, 4) is 17.2 Å². The van der Waals surface area contributed by atoms with Crippen LogP contribution >= 0.6 is 35.0 Å². The van der Waals surface area contributed by atoms with Gasteiger partial charge in [0.1, 0.15) is 0 Å². The molecule has 0 saturated carbocycles. The molecule has 178 valence electrons. The van der Waals surface area contributed by atoms with Gasteiger partial charge in [-0.2, -0.15) is 0 Å². The lowest BCUT2D eigenvalue weighted by Gasteiger charge is -2.10. The summed E-state index contributed by atoms with van der Waals surface area (Å²) in [6.45, 7) is 3.96. The molecule has 2 aromatic heterocycles. The Morgan fingerprint density at radius 1 is 1.03 bits per heavy atom. The third-order valence-corrected chi connectivity index (χ3v) is 6.30. The molecule has 0 radical (unpaired) electrons. The van der Waals surface area contributed by atoms with Gasteiger partial charge in [0, 0.05) is 38.9 Å². The molecule has 1 aliphatic heterocycles. The van der Waals surface area contributed by atoms with Gasteiger partial charge in [-0.25, -0.2) is 14.6 Å². The third kappa shape index (κ3) is 5.19. The van der Waals surface area contributed by atoms with E-state index in [1.165, 1.54) is 11.8 Å². The maximum atomic E-state index is 13.2. The number of aromatic nitrogens is 5. The average Bonchev–Trinajstić information content (AvgIpc) is 3.43. The Balaban J connectivity index is 1.48. The first-order valence-electron chi connectivity index (χ1n) is 10.4. The van der Waals surface area contributed by atoms with E-state index in [0.29, 0.717) is 49.5 Å². The van der Waals surface area contributed by atoms with Gasteiger partial charge >= 0.3 is 0 Å². The molecule has 0 spiro atoms. The normalized spacial score (nSPS) is 12.1. The molecule has 0 saturated heterocycles. The predicted octanol–water partition coefficient (Wildman–Crippen LogP) is 5.25. The molecule has 2 aromatic carbocycles. The highest BCUT2D eigenvalue weighted by molar-refractivity contribution is 7.98. The predicted molar refractivity (Wildman–Crippen MR) is 133 cm³/mol. The minimum atomic E-state index is -0.430. The van der Waals surface area contributed by atoms with Crippen LogP contribution in [0.2, 0.25) is 10.0 Å². The molecule has 5 rings (SSSR count). The van der Waals surface area contributed by atoms with E-state index in [1.54, 1.807) is 41.1 Å². The topological polar surface area (TPSA) is 104 Å². The first-order chi connectivity index (χ1) is 16.9. The average molecular weight is 529 g/mol. The molecular formula is C23H18Cl2N6O3S. The molecule has 4 aromatic rings. The van der Waals surface area contributed by atoms with Gasteiger partial charge in [-0.15, -0.1) is 5.10 Å².